The maximum absolute atomic E-state index is 12.8. The fraction of sp³-hybridized carbons (Fsp3) is 0.400. The molecular weight excluding hydrogens is 426 g/mol. The van der Waals surface area contributed by atoms with Crippen molar-refractivity contribution in [1.82, 2.24) is 14.5 Å². The number of methoxy groups -OCH3 is 1. The van der Waals surface area contributed by atoms with Gasteiger partial charge in [-0.1, -0.05) is 23.1 Å². The highest BCUT2D eigenvalue weighted by Gasteiger charge is 2.27. The van der Waals surface area contributed by atoms with Crippen molar-refractivity contribution in [2.45, 2.75) is 9.24 Å². The molecule has 3 rings (SSSR count). The number of carbonyl (C=O) groups excluding carboxylic acids is 1. The molecule has 1 fully saturated rings. The Bertz CT molecular complexity index is 943. The first kappa shape index (κ1) is 20.8. The topological polar surface area (TPSA) is 137 Å². The summed E-state index contributed by atoms with van der Waals surface area (Å²) < 4.78 is 38.0. The van der Waals surface area contributed by atoms with Crippen LogP contribution in [0.1, 0.15) is 0 Å². The smallest absolute Gasteiger partial charge is 0.243 e. The van der Waals surface area contributed by atoms with Crippen LogP contribution < -0.4 is 15.8 Å². The van der Waals surface area contributed by atoms with Gasteiger partial charge >= 0.3 is 0 Å². The standard InChI is InChI=1S/C15H19N5O5S3/c1-24-12-3-2-10(28(22,23)20-4-6-25-7-5-20)8-11(12)17-13(21)9-26-15-19-18-14(16)27-15/h2-3,8H,4-7,9H2,1H3,(H2,16,18)(H,17,21). The second-order valence-corrected chi connectivity index (χ2v) is 9.79. The van der Waals surface area contributed by atoms with E-state index in [4.69, 9.17) is 15.2 Å². The van der Waals surface area contributed by atoms with Crippen LogP contribution in [-0.2, 0) is 19.6 Å². The maximum Gasteiger partial charge on any atom is 0.243 e. The predicted octanol–water partition coefficient (Wildman–Crippen LogP) is 0.881. The maximum atomic E-state index is 12.8. The number of thioether (sulfide) groups is 1. The van der Waals surface area contributed by atoms with Crippen LogP contribution in [0.4, 0.5) is 10.8 Å². The van der Waals surface area contributed by atoms with E-state index < -0.39 is 10.0 Å². The van der Waals surface area contributed by atoms with Gasteiger partial charge in [0.1, 0.15) is 5.75 Å². The monoisotopic (exact) mass is 445 g/mol. The Labute approximate surface area is 170 Å². The van der Waals surface area contributed by atoms with Crippen LogP contribution in [0.2, 0.25) is 0 Å². The van der Waals surface area contributed by atoms with Crippen molar-refractivity contribution in [2.24, 2.45) is 0 Å². The van der Waals surface area contributed by atoms with Gasteiger partial charge in [0.05, 0.1) is 36.7 Å². The van der Waals surface area contributed by atoms with Crippen LogP contribution in [0.15, 0.2) is 27.4 Å². The van der Waals surface area contributed by atoms with Crippen molar-refractivity contribution >= 4 is 49.8 Å². The molecule has 0 aliphatic carbocycles. The third-order valence-electron chi connectivity index (χ3n) is 3.80. The minimum atomic E-state index is -3.69. The van der Waals surface area contributed by atoms with Gasteiger partial charge in [0.25, 0.3) is 0 Å². The first-order valence-corrected chi connectivity index (χ1v) is 11.4. The average molecular weight is 446 g/mol. The number of nitrogens with zero attached hydrogens (tertiary/aromatic N) is 3. The Morgan fingerprint density at radius 3 is 2.79 bits per heavy atom. The van der Waals surface area contributed by atoms with Crippen molar-refractivity contribution in [3.63, 3.8) is 0 Å². The van der Waals surface area contributed by atoms with Gasteiger partial charge in [0.2, 0.25) is 21.1 Å². The molecule has 0 saturated carbocycles. The molecule has 0 atom stereocenters. The molecule has 0 radical (unpaired) electrons. The van der Waals surface area contributed by atoms with E-state index in [0.717, 1.165) is 0 Å². The number of rotatable bonds is 7. The van der Waals surface area contributed by atoms with Crippen LogP contribution in [0.3, 0.4) is 0 Å². The molecule has 0 spiro atoms. The molecule has 1 aromatic carbocycles. The summed E-state index contributed by atoms with van der Waals surface area (Å²) in [6.07, 6.45) is 0. The second-order valence-electron chi connectivity index (χ2n) is 5.62. The van der Waals surface area contributed by atoms with Gasteiger partial charge in [0, 0.05) is 13.1 Å². The summed E-state index contributed by atoms with van der Waals surface area (Å²) in [5.74, 6) is 0.0931. The number of anilines is 2. The zero-order valence-electron chi connectivity index (χ0n) is 15.0. The van der Waals surface area contributed by atoms with Crippen LogP contribution in [0, 0.1) is 0 Å². The fourth-order valence-electron chi connectivity index (χ4n) is 2.47. The summed E-state index contributed by atoms with van der Waals surface area (Å²) in [7, 11) is -2.24. The number of ether oxygens (including phenoxy) is 2. The Morgan fingerprint density at radius 2 is 2.14 bits per heavy atom. The van der Waals surface area contributed by atoms with Crippen molar-refractivity contribution in [3.05, 3.63) is 18.2 Å². The molecule has 1 aliphatic rings. The largest absolute Gasteiger partial charge is 0.495 e. The number of amides is 1. The lowest BCUT2D eigenvalue weighted by Crippen LogP contribution is -2.40. The molecule has 1 saturated heterocycles. The third kappa shape index (κ3) is 4.91. The summed E-state index contributed by atoms with van der Waals surface area (Å²) in [5.41, 5.74) is 5.79. The van der Waals surface area contributed by atoms with Crippen molar-refractivity contribution < 1.29 is 22.7 Å². The molecule has 1 amide bonds. The number of benzene rings is 1. The quantitative estimate of drug-likeness (QED) is 0.595. The summed E-state index contributed by atoms with van der Waals surface area (Å²) in [6.45, 7) is 1.29. The normalized spacial score (nSPS) is 15.3. The Hall–Kier alpha value is -1.93. The molecule has 1 aromatic heterocycles. The summed E-state index contributed by atoms with van der Waals surface area (Å²) in [6, 6.07) is 4.37. The number of aromatic nitrogens is 2. The van der Waals surface area contributed by atoms with Gasteiger partial charge in [-0.05, 0) is 18.2 Å². The lowest BCUT2D eigenvalue weighted by Gasteiger charge is -2.26. The van der Waals surface area contributed by atoms with E-state index in [1.807, 2.05) is 0 Å². The van der Waals surface area contributed by atoms with Gasteiger partial charge < -0.3 is 20.5 Å². The third-order valence-corrected chi connectivity index (χ3v) is 7.58. The van der Waals surface area contributed by atoms with Gasteiger partial charge in [-0.25, -0.2) is 8.42 Å². The average Bonchev–Trinajstić information content (AvgIpc) is 3.12. The number of hydrogen-bond acceptors (Lipinski definition) is 10. The first-order chi connectivity index (χ1) is 13.4. The van der Waals surface area contributed by atoms with Crippen molar-refractivity contribution in [2.75, 3.05) is 50.2 Å². The molecule has 28 heavy (non-hydrogen) atoms. The van der Waals surface area contributed by atoms with E-state index >= 15 is 0 Å². The van der Waals surface area contributed by atoms with E-state index in [2.05, 4.69) is 15.5 Å². The minimum Gasteiger partial charge on any atom is -0.495 e. The number of nitrogens with one attached hydrogen (secondary N) is 1. The SMILES string of the molecule is COc1ccc(S(=O)(=O)N2CCOCC2)cc1NC(=O)CSc1nnc(N)s1. The van der Waals surface area contributed by atoms with Crippen LogP contribution in [0.25, 0.3) is 0 Å². The van der Waals surface area contributed by atoms with E-state index in [0.29, 0.717) is 28.4 Å². The first-order valence-electron chi connectivity index (χ1n) is 8.17. The molecule has 2 aromatic rings. The molecule has 0 bridgehead atoms. The number of nitrogen functional groups attached to an aromatic ring is 1. The number of hydrogen-bond donors (Lipinski definition) is 2. The molecule has 10 nitrogen and oxygen atoms in total. The van der Waals surface area contributed by atoms with Gasteiger partial charge in [0.15, 0.2) is 4.34 Å². The Morgan fingerprint density at radius 1 is 1.39 bits per heavy atom. The molecule has 0 unspecified atom stereocenters. The summed E-state index contributed by atoms with van der Waals surface area (Å²) >= 11 is 2.37. The highest BCUT2D eigenvalue weighted by molar-refractivity contribution is 8.01. The summed E-state index contributed by atoms with van der Waals surface area (Å²) in [5, 5.41) is 10.5. The highest BCUT2D eigenvalue weighted by Crippen LogP contribution is 2.30. The number of morpholine rings is 1. The number of carbonyl (C=O) groups is 1. The van der Waals surface area contributed by atoms with Crippen molar-refractivity contribution in [1.29, 1.82) is 0 Å². The molecular formula is C15H19N5O5S3. The lowest BCUT2D eigenvalue weighted by molar-refractivity contribution is -0.113. The Kier molecular flexibility index (Phi) is 6.72. The number of nitrogens with two attached hydrogens (primary N) is 1. The van der Waals surface area contributed by atoms with Gasteiger partial charge in [-0.3, -0.25) is 4.79 Å². The Balaban J connectivity index is 1.74. The van der Waals surface area contributed by atoms with Gasteiger partial charge in [-0.2, -0.15) is 4.31 Å². The van der Waals surface area contributed by atoms with E-state index in [-0.39, 0.29) is 35.3 Å². The van der Waals surface area contributed by atoms with E-state index in [1.54, 1.807) is 0 Å². The van der Waals surface area contributed by atoms with Crippen LogP contribution >= 0.6 is 23.1 Å². The second kappa shape index (κ2) is 9.05. The van der Waals surface area contributed by atoms with E-state index in [1.165, 1.54) is 52.7 Å². The summed E-state index contributed by atoms with van der Waals surface area (Å²) in [4.78, 5) is 12.4. The molecule has 3 N–H and O–H groups in total. The van der Waals surface area contributed by atoms with E-state index in [9.17, 15) is 13.2 Å². The molecule has 2 heterocycles. The fourth-order valence-corrected chi connectivity index (χ4v) is 5.34. The van der Waals surface area contributed by atoms with Crippen molar-refractivity contribution in [3.8, 4) is 5.75 Å². The zero-order valence-corrected chi connectivity index (χ0v) is 17.4. The highest BCUT2D eigenvalue weighted by atomic mass is 32.2. The molecule has 13 heteroatoms. The zero-order chi connectivity index (χ0) is 20.1. The molecule has 152 valence electrons. The minimum absolute atomic E-state index is 0.0677. The van der Waals surface area contributed by atoms with Crippen LogP contribution in [-0.4, -0.2) is 68.0 Å². The lowest BCUT2D eigenvalue weighted by atomic mass is 10.3. The predicted molar refractivity (Wildman–Crippen MR) is 106 cm³/mol. The number of sulfonamides is 1. The van der Waals surface area contributed by atoms with Crippen LogP contribution in [0.5, 0.6) is 5.75 Å². The molecule has 1 aliphatic heterocycles. The van der Waals surface area contributed by atoms with Gasteiger partial charge in [-0.15, -0.1) is 10.2 Å².